The van der Waals surface area contributed by atoms with E-state index in [9.17, 15) is 4.79 Å². The summed E-state index contributed by atoms with van der Waals surface area (Å²) in [4.78, 5) is 27.0. The minimum Gasteiger partial charge on any atom is -0.352 e. The Labute approximate surface area is 183 Å². The van der Waals surface area contributed by atoms with E-state index < -0.39 is 0 Å². The number of aryl methyl sites for hydroxylation is 3. The molecule has 4 rings (SSSR count). The summed E-state index contributed by atoms with van der Waals surface area (Å²) in [6, 6.07) is 6.44. The number of piperazine rings is 1. The number of benzene rings is 1. The van der Waals surface area contributed by atoms with Crippen LogP contribution in [0, 0.1) is 6.92 Å². The van der Waals surface area contributed by atoms with Gasteiger partial charge in [0.2, 0.25) is 5.95 Å². The smallest absolute Gasteiger partial charge is 0.278 e. The molecule has 3 aromatic rings. The molecule has 1 aliphatic rings. The van der Waals surface area contributed by atoms with Crippen LogP contribution in [0.5, 0.6) is 0 Å². The Hall–Kier alpha value is -2.71. The first-order valence-corrected chi connectivity index (χ1v) is 11.3. The summed E-state index contributed by atoms with van der Waals surface area (Å²) >= 11 is 0. The number of nitrogens with zero attached hydrogens (tertiary/aromatic N) is 4. The second-order valence-corrected chi connectivity index (χ2v) is 8.29. The molecule has 0 bridgehead atoms. The van der Waals surface area contributed by atoms with E-state index in [2.05, 4.69) is 62.5 Å². The highest BCUT2D eigenvalue weighted by atomic mass is 16.1. The number of hydrogen-bond donors (Lipinski definition) is 3. The summed E-state index contributed by atoms with van der Waals surface area (Å²) in [6.45, 7) is 11.2. The molecule has 1 aliphatic heterocycles. The number of imidazole rings is 1. The zero-order valence-electron chi connectivity index (χ0n) is 18.6. The Kier molecular flexibility index (Phi) is 6.99. The molecular formula is C23H33N7O. The Bertz CT molecular complexity index is 1070. The molecule has 0 radical (unpaired) electrons. The van der Waals surface area contributed by atoms with Gasteiger partial charge in [0.1, 0.15) is 0 Å². The molecule has 0 spiro atoms. The third kappa shape index (κ3) is 5.32. The minimum absolute atomic E-state index is 0.148. The van der Waals surface area contributed by atoms with Crippen LogP contribution in [-0.4, -0.2) is 57.1 Å². The van der Waals surface area contributed by atoms with Gasteiger partial charge in [-0.15, -0.1) is 0 Å². The average molecular weight is 424 g/mol. The van der Waals surface area contributed by atoms with Gasteiger partial charge in [-0.1, -0.05) is 25.1 Å². The molecule has 1 saturated heterocycles. The van der Waals surface area contributed by atoms with E-state index in [4.69, 9.17) is 0 Å². The molecule has 0 unspecified atom stereocenters. The fraction of sp³-hybridized carbons (Fsp3) is 0.522. The average Bonchev–Trinajstić information content (AvgIpc) is 3.20. The lowest BCUT2D eigenvalue weighted by Crippen LogP contribution is -2.43. The molecule has 166 valence electrons. The van der Waals surface area contributed by atoms with Crippen LogP contribution in [0.3, 0.4) is 0 Å². The first kappa shape index (κ1) is 21.5. The standard InChI is InChI=1S/C23H33N7O/c1-3-19-14-18(7-6-17(19)2)15-25-23-27-21-20(22(31)28-23)30(16-26-21)11-5-4-10-29-12-8-24-9-13-29/h6-7,14,16,24H,3-5,8-13,15H2,1-2H3,(H2,25,27,28,31). The van der Waals surface area contributed by atoms with Crippen molar-refractivity contribution in [3.8, 4) is 0 Å². The molecule has 0 saturated carbocycles. The van der Waals surface area contributed by atoms with Crippen molar-refractivity contribution in [2.24, 2.45) is 0 Å². The van der Waals surface area contributed by atoms with Gasteiger partial charge in [-0.2, -0.15) is 4.98 Å². The van der Waals surface area contributed by atoms with Gasteiger partial charge in [0.05, 0.1) is 6.33 Å². The van der Waals surface area contributed by atoms with Crippen molar-refractivity contribution in [1.82, 2.24) is 29.7 Å². The van der Waals surface area contributed by atoms with E-state index >= 15 is 0 Å². The molecule has 0 amide bonds. The molecule has 0 atom stereocenters. The van der Waals surface area contributed by atoms with Gasteiger partial charge in [0.15, 0.2) is 11.2 Å². The highest BCUT2D eigenvalue weighted by molar-refractivity contribution is 5.70. The normalized spacial score (nSPS) is 14.9. The summed E-state index contributed by atoms with van der Waals surface area (Å²) in [5, 5.41) is 6.62. The second-order valence-electron chi connectivity index (χ2n) is 8.29. The van der Waals surface area contributed by atoms with Crippen molar-refractivity contribution in [2.45, 2.75) is 46.2 Å². The highest BCUT2D eigenvalue weighted by Crippen LogP contribution is 2.14. The van der Waals surface area contributed by atoms with E-state index in [1.54, 1.807) is 6.33 Å². The molecule has 31 heavy (non-hydrogen) atoms. The van der Waals surface area contributed by atoms with Gasteiger partial charge in [0.25, 0.3) is 5.56 Å². The Morgan fingerprint density at radius 1 is 1.16 bits per heavy atom. The van der Waals surface area contributed by atoms with Crippen molar-refractivity contribution in [3.05, 3.63) is 51.6 Å². The van der Waals surface area contributed by atoms with Gasteiger partial charge >= 0.3 is 0 Å². The van der Waals surface area contributed by atoms with Crippen LogP contribution in [0.2, 0.25) is 0 Å². The van der Waals surface area contributed by atoms with E-state index in [1.165, 1.54) is 16.7 Å². The number of aromatic amines is 1. The van der Waals surface area contributed by atoms with Gasteiger partial charge in [-0.05, 0) is 49.4 Å². The summed E-state index contributed by atoms with van der Waals surface area (Å²) in [5.41, 5.74) is 4.71. The monoisotopic (exact) mass is 423 g/mol. The summed E-state index contributed by atoms with van der Waals surface area (Å²) in [6.07, 6.45) is 4.87. The largest absolute Gasteiger partial charge is 0.352 e. The molecule has 1 aromatic carbocycles. The number of hydrogen-bond acceptors (Lipinski definition) is 6. The molecule has 2 aromatic heterocycles. The van der Waals surface area contributed by atoms with E-state index in [-0.39, 0.29) is 5.56 Å². The topological polar surface area (TPSA) is 90.9 Å². The molecule has 1 fully saturated rings. The Balaban J connectivity index is 1.36. The van der Waals surface area contributed by atoms with Crippen LogP contribution in [0.15, 0.2) is 29.3 Å². The molecule has 3 N–H and O–H groups in total. The summed E-state index contributed by atoms with van der Waals surface area (Å²) in [7, 11) is 0. The Morgan fingerprint density at radius 3 is 2.77 bits per heavy atom. The maximum absolute atomic E-state index is 12.7. The molecule has 3 heterocycles. The predicted molar refractivity (Wildman–Crippen MR) is 125 cm³/mol. The number of rotatable bonds is 9. The Morgan fingerprint density at radius 2 is 1.97 bits per heavy atom. The van der Waals surface area contributed by atoms with Crippen LogP contribution in [0.4, 0.5) is 5.95 Å². The first-order valence-electron chi connectivity index (χ1n) is 11.3. The minimum atomic E-state index is -0.148. The van der Waals surface area contributed by atoms with Crippen LogP contribution >= 0.6 is 0 Å². The van der Waals surface area contributed by atoms with Crippen molar-refractivity contribution in [3.63, 3.8) is 0 Å². The zero-order chi connectivity index (χ0) is 21.6. The van der Waals surface area contributed by atoms with Crippen molar-refractivity contribution < 1.29 is 0 Å². The number of nitrogens with one attached hydrogen (secondary N) is 3. The van der Waals surface area contributed by atoms with Gasteiger partial charge in [-0.25, -0.2) is 4.98 Å². The maximum Gasteiger partial charge on any atom is 0.278 e. The lowest BCUT2D eigenvalue weighted by atomic mass is 10.0. The molecule has 8 nitrogen and oxygen atoms in total. The van der Waals surface area contributed by atoms with Crippen molar-refractivity contribution >= 4 is 17.1 Å². The molecule has 8 heteroatoms. The second kappa shape index (κ2) is 10.1. The van der Waals surface area contributed by atoms with Gasteiger partial charge in [-0.3, -0.25) is 9.78 Å². The highest BCUT2D eigenvalue weighted by Gasteiger charge is 2.12. The number of H-pyrrole nitrogens is 1. The van der Waals surface area contributed by atoms with Crippen molar-refractivity contribution in [2.75, 3.05) is 38.0 Å². The number of unbranched alkanes of at least 4 members (excludes halogenated alkanes) is 1. The fourth-order valence-corrected chi connectivity index (χ4v) is 4.19. The van der Waals surface area contributed by atoms with E-state index in [0.717, 1.165) is 58.5 Å². The summed E-state index contributed by atoms with van der Waals surface area (Å²) < 4.78 is 1.93. The lowest BCUT2D eigenvalue weighted by Gasteiger charge is -2.27. The molecule has 0 aliphatic carbocycles. The fourth-order valence-electron chi connectivity index (χ4n) is 4.19. The van der Waals surface area contributed by atoms with Crippen LogP contribution in [0.25, 0.3) is 11.2 Å². The number of aromatic nitrogens is 4. The third-order valence-electron chi connectivity index (χ3n) is 6.07. The van der Waals surface area contributed by atoms with Crippen LogP contribution < -0.4 is 16.2 Å². The quantitative estimate of drug-likeness (QED) is 0.458. The third-order valence-corrected chi connectivity index (χ3v) is 6.07. The first-order chi connectivity index (χ1) is 15.1. The number of anilines is 1. The van der Waals surface area contributed by atoms with E-state index in [0.29, 0.717) is 23.7 Å². The predicted octanol–water partition coefficient (Wildman–Crippen LogP) is 2.29. The summed E-state index contributed by atoms with van der Waals surface area (Å²) in [5.74, 6) is 0.458. The lowest BCUT2D eigenvalue weighted by molar-refractivity contribution is 0.235. The molecular weight excluding hydrogens is 390 g/mol. The van der Waals surface area contributed by atoms with Crippen molar-refractivity contribution in [1.29, 1.82) is 0 Å². The zero-order valence-corrected chi connectivity index (χ0v) is 18.6. The number of fused-ring (bicyclic) bond motifs is 1. The van der Waals surface area contributed by atoms with Gasteiger partial charge < -0.3 is 20.1 Å². The van der Waals surface area contributed by atoms with Crippen LogP contribution in [0.1, 0.15) is 36.5 Å². The van der Waals surface area contributed by atoms with Gasteiger partial charge in [0, 0.05) is 39.3 Å². The SMILES string of the molecule is CCc1cc(CNc2nc3ncn(CCCCN4CCNCC4)c3c(=O)[nH]2)ccc1C. The maximum atomic E-state index is 12.7. The van der Waals surface area contributed by atoms with E-state index in [1.807, 2.05) is 4.57 Å². The van der Waals surface area contributed by atoms with Crippen LogP contribution in [-0.2, 0) is 19.5 Å².